The molecule has 1 aliphatic carbocycles. The van der Waals surface area contributed by atoms with Gasteiger partial charge in [0.15, 0.2) is 9.84 Å². The van der Waals surface area contributed by atoms with E-state index in [1.54, 1.807) is 42.3 Å². The Morgan fingerprint density at radius 2 is 1.93 bits per heavy atom. The summed E-state index contributed by atoms with van der Waals surface area (Å²) in [5.74, 6) is 0.293. The van der Waals surface area contributed by atoms with Crippen LogP contribution >= 0.6 is 7.82 Å². The lowest BCUT2D eigenvalue weighted by molar-refractivity contribution is -0.182. The van der Waals surface area contributed by atoms with Gasteiger partial charge in [-0.05, 0) is 67.1 Å². The van der Waals surface area contributed by atoms with E-state index in [9.17, 15) is 13.0 Å². The first kappa shape index (κ1) is 31.7. The van der Waals surface area contributed by atoms with Crippen LogP contribution in [0.2, 0.25) is 0 Å². The molecule has 2 unspecified atom stereocenters. The zero-order valence-electron chi connectivity index (χ0n) is 24.2. The summed E-state index contributed by atoms with van der Waals surface area (Å²) in [5, 5.41) is 2.85. The molecule has 234 valence electrons. The Bertz CT molecular complexity index is 1600. The Labute approximate surface area is 250 Å². The van der Waals surface area contributed by atoms with E-state index in [1.807, 2.05) is 19.9 Å². The topological polar surface area (TPSA) is 138 Å². The summed E-state index contributed by atoms with van der Waals surface area (Å²) in [4.78, 5) is 24.1. The third-order valence-corrected chi connectivity index (χ3v) is 11.0. The molecular weight excluding hydrogens is 603 g/mol. The largest absolute Gasteiger partial charge is 0.469 e. The van der Waals surface area contributed by atoms with E-state index in [0.717, 1.165) is 11.1 Å². The summed E-state index contributed by atoms with van der Waals surface area (Å²) in [7, 11) is -8.08. The molecule has 3 aliphatic rings. The predicted octanol–water partition coefficient (Wildman–Crippen LogP) is 5.54. The number of phosphoric ester groups is 1. The van der Waals surface area contributed by atoms with E-state index in [-0.39, 0.29) is 47.4 Å². The van der Waals surface area contributed by atoms with Crippen molar-refractivity contribution in [2.75, 3.05) is 31.6 Å². The fraction of sp³-hybridized carbons (Fsp3) is 0.483. The average Bonchev–Trinajstić information content (AvgIpc) is 3.73. The van der Waals surface area contributed by atoms with Gasteiger partial charge in [0.1, 0.15) is 11.6 Å². The minimum absolute atomic E-state index is 0.00242. The van der Waals surface area contributed by atoms with Crippen LogP contribution < -0.4 is 10.1 Å². The molecule has 10 nitrogen and oxygen atoms in total. The van der Waals surface area contributed by atoms with Crippen LogP contribution in [0.1, 0.15) is 51.5 Å². The van der Waals surface area contributed by atoms with Gasteiger partial charge in [0.2, 0.25) is 0 Å². The van der Waals surface area contributed by atoms with Crippen molar-refractivity contribution in [1.29, 1.82) is 0 Å². The van der Waals surface area contributed by atoms with Crippen molar-refractivity contribution in [1.82, 2.24) is 4.90 Å². The third kappa shape index (κ3) is 7.02. The Hall–Kier alpha value is -2.67. The fourth-order valence-electron chi connectivity index (χ4n) is 5.51. The molecule has 0 spiro atoms. The highest BCUT2D eigenvalue weighted by molar-refractivity contribution is 7.92. The van der Waals surface area contributed by atoms with Gasteiger partial charge in [-0.25, -0.2) is 18.0 Å². The van der Waals surface area contributed by atoms with Crippen LogP contribution in [0.4, 0.5) is 14.5 Å². The van der Waals surface area contributed by atoms with Gasteiger partial charge < -0.3 is 24.7 Å². The Kier molecular flexibility index (Phi) is 8.88. The van der Waals surface area contributed by atoms with Gasteiger partial charge >= 0.3 is 13.9 Å². The number of amidine groups is 1. The normalized spacial score (nSPS) is 20.3. The maximum Gasteiger partial charge on any atom is 0.469 e. The lowest BCUT2D eigenvalue weighted by atomic mass is 9.79. The number of benzene rings is 2. The number of hydrogen-bond acceptors (Lipinski definition) is 8. The Morgan fingerprint density at radius 1 is 1.19 bits per heavy atom. The van der Waals surface area contributed by atoms with Gasteiger partial charge in [0.25, 0.3) is 0 Å². The van der Waals surface area contributed by atoms with Crippen molar-refractivity contribution in [3.8, 4) is 16.9 Å². The smallest absolute Gasteiger partial charge is 0.430 e. The van der Waals surface area contributed by atoms with E-state index < -0.39 is 30.2 Å². The number of fused-ring (bicyclic) bond motifs is 3. The first-order chi connectivity index (χ1) is 20.2. The van der Waals surface area contributed by atoms with Gasteiger partial charge in [0, 0.05) is 19.3 Å². The summed E-state index contributed by atoms with van der Waals surface area (Å²) in [6, 6.07) is 9.92. The number of phosphoric acid groups is 1. The second-order valence-corrected chi connectivity index (χ2v) is 14.7. The van der Waals surface area contributed by atoms with E-state index in [0.29, 0.717) is 42.0 Å². The minimum atomic E-state index is -4.65. The van der Waals surface area contributed by atoms with Crippen LogP contribution in [0.25, 0.3) is 11.1 Å². The third-order valence-electron chi connectivity index (χ3n) is 8.22. The summed E-state index contributed by atoms with van der Waals surface area (Å²) >= 11 is 0. The monoisotopic (exact) mass is 639 g/mol. The van der Waals surface area contributed by atoms with Crippen LogP contribution in [0, 0.1) is 5.92 Å². The van der Waals surface area contributed by atoms with Crippen LogP contribution in [-0.2, 0) is 18.9 Å². The summed E-state index contributed by atoms with van der Waals surface area (Å²) in [5.41, 5.74) is 3.49. The molecule has 0 saturated heterocycles. The second-order valence-electron chi connectivity index (χ2n) is 11.2. The number of anilines is 1. The summed E-state index contributed by atoms with van der Waals surface area (Å²) in [6.07, 6.45) is -1.19. The number of ether oxygens (including phenoxy) is 1. The highest BCUT2D eigenvalue weighted by Crippen LogP contribution is 2.51. The van der Waals surface area contributed by atoms with Crippen LogP contribution in [0.5, 0.6) is 5.75 Å². The number of hydrogen-bond donors (Lipinski definition) is 3. The van der Waals surface area contributed by atoms with Crippen molar-refractivity contribution in [2.45, 2.75) is 62.2 Å². The summed E-state index contributed by atoms with van der Waals surface area (Å²) in [6.45, 7) is 5.78. The van der Waals surface area contributed by atoms with Crippen LogP contribution in [0.15, 0.2) is 58.1 Å². The Balaban J connectivity index is 1.44. The van der Waals surface area contributed by atoms with Gasteiger partial charge in [-0.15, -0.1) is 0 Å². The zero-order chi connectivity index (χ0) is 31.2. The van der Waals surface area contributed by atoms with E-state index in [2.05, 4.69) is 14.8 Å². The van der Waals surface area contributed by atoms with Crippen LogP contribution in [-0.4, -0.2) is 66.5 Å². The number of alkyl halides is 2. The molecule has 0 radical (unpaired) electrons. The number of nitrogens with zero attached hydrogens (tertiary/aromatic N) is 2. The molecule has 14 heteroatoms. The highest BCUT2D eigenvalue weighted by Gasteiger charge is 2.42. The molecule has 1 saturated carbocycles. The van der Waals surface area contributed by atoms with E-state index >= 15 is 8.78 Å². The van der Waals surface area contributed by atoms with E-state index in [4.69, 9.17) is 14.5 Å². The predicted molar refractivity (Wildman–Crippen MR) is 159 cm³/mol. The maximum atomic E-state index is 15.2. The van der Waals surface area contributed by atoms with Crippen molar-refractivity contribution < 1.29 is 40.8 Å². The number of allylic oxidation sites excluding steroid dienone is 1. The van der Waals surface area contributed by atoms with Crippen molar-refractivity contribution in [3.63, 3.8) is 0 Å². The molecule has 1 fully saturated rings. The maximum absolute atomic E-state index is 15.2. The average molecular weight is 640 g/mol. The molecule has 0 aromatic heterocycles. The molecule has 43 heavy (non-hydrogen) atoms. The standard InChI is InChI=1S/C29H36F2N3O7PS/c1-4-34(14-15-40-42(35,36)37)13-12-29(30,31)41-24-11-10-23(20-6-5-7-22(16-20)43(38,39)21-8-9-21)26-25-19(3)18(2)17-32-28(25)33-27(24)26/h5-7,10-11,16-17,19,21,25H,4,8-9,12-15H2,1-3H3,(H,32,33)(H2,35,36,37). The Morgan fingerprint density at radius 3 is 2.60 bits per heavy atom. The molecule has 3 N–H and O–H groups in total. The lowest BCUT2D eigenvalue weighted by Gasteiger charge is -2.26. The van der Waals surface area contributed by atoms with Crippen molar-refractivity contribution >= 4 is 29.2 Å². The number of halogens is 2. The molecule has 2 heterocycles. The number of aliphatic imine (C=N–C) groups is 1. The molecular formula is C29H36F2N3O7PS. The first-order valence-electron chi connectivity index (χ1n) is 14.2. The number of rotatable bonds is 13. The second kappa shape index (κ2) is 12.0. The molecule has 2 aromatic carbocycles. The number of sulfone groups is 1. The first-order valence-corrected chi connectivity index (χ1v) is 17.3. The molecule has 5 rings (SSSR count). The van der Waals surface area contributed by atoms with Gasteiger partial charge in [0.05, 0.1) is 34.8 Å². The lowest BCUT2D eigenvalue weighted by Crippen LogP contribution is -2.35. The van der Waals surface area contributed by atoms with Crippen molar-refractivity contribution in [3.05, 3.63) is 53.7 Å². The molecule has 0 amide bonds. The SMILES string of the molecule is CCN(CCOP(=O)(O)O)CCC(F)(F)Oc1ccc(-c2cccc(S(=O)(=O)C3CC3)c2)c2c1NC1=NC=C(C)C(C)C12. The number of nitrogens with one attached hydrogen (secondary N) is 1. The molecule has 0 bridgehead atoms. The van der Waals surface area contributed by atoms with Gasteiger partial charge in [-0.1, -0.05) is 37.6 Å². The van der Waals surface area contributed by atoms with Crippen LogP contribution in [0.3, 0.4) is 0 Å². The quantitative estimate of drug-likeness (QED) is 0.241. The molecule has 2 aliphatic heterocycles. The van der Waals surface area contributed by atoms with Crippen molar-refractivity contribution in [2.24, 2.45) is 10.9 Å². The summed E-state index contributed by atoms with van der Waals surface area (Å²) < 4.78 is 77.2. The zero-order valence-corrected chi connectivity index (χ0v) is 25.9. The van der Waals surface area contributed by atoms with Gasteiger partial charge in [-0.3, -0.25) is 4.52 Å². The van der Waals surface area contributed by atoms with E-state index in [1.165, 1.54) is 6.07 Å². The molecule has 2 aromatic rings. The number of likely N-dealkylation sites (N-methyl/N-ethyl adjacent to an activating group) is 1. The van der Waals surface area contributed by atoms with Gasteiger partial charge in [-0.2, -0.15) is 8.78 Å². The minimum Gasteiger partial charge on any atom is -0.430 e. The fourth-order valence-corrected chi connectivity index (χ4v) is 7.53. The highest BCUT2D eigenvalue weighted by atomic mass is 32.2. The molecule has 2 atom stereocenters.